The molecule has 118 valence electrons. The van der Waals surface area contributed by atoms with Crippen molar-refractivity contribution in [2.24, 2.45) is 0 Å². The molecule has 0 bridgehead atoms. The molecule has 0 spiro atoms. The van der Waals surface area contributed by atoms with E-state index in [2.05, 4.69) is 15.5 Å². The summed E-state index contributed by atoms with van der Waals surface area (Å²) in [6.07, 6.45) is 0.0958. The second-order valence-electron chi connectivity index (χ2n) is 5.54. The van der Waals surface area contributed by atoms with Crippen LogP contribution in [-0.4, -0.2) is 28.5 Å². The molecular weight excluding hydrogens is 302 g/mol. The van der Waals surface area contributed by atoms with Gasteiger partial charge in [-0.1, -0.05) is 29.5 Å². The molecule has 2 rings (SSSR count). The third-order valence-corrected chi connectivity index (χ3v) is 3.30. The molecule has 6 nitrogen and oxygen atoms in total. The maximum Gasteiger partial charge on any atom is 0.414 e. The molecule has 0 fully saturated rings. The maximum atomic E-state index is 11.6. The number of amides is 1. The molecule has 0 aliphatic heterocycles. The normalized spacial score (nSPS) is 11.0. The van der Waals surface area contributed by atoms with Gasteiger partial charge < -0.3 is 9.47 Å². The average Bonchev–Trinajstić information content (AvgIpc) is 2.85. The van der Waals surface area contributed by atoms with Crippen molar-refractivity contribution in [2.75, 3.05) is 11.9 Å². The highest BCUT2D eigenvalue weighted by Crippen LogP contribution is 2.18. The number of carbonyl (C=O) groups excluding carboxylic acids is 1. The van der Waals surface area contributed by atoms with Crippen molar-refractivity contribution < 1.29 is 14.3 Å². The second-order valence-corrected chi connectivity index (χ2v) is 6.60. The van der Waals surface area contributed by atoms with Crippen LogP contribution in [0, 0.1) is 0 Å². The van der Waals surface area contributed by atoms with Crippen LogP contribution in [0.4, 0.5) is 9.93 Å². The van der Waals surface area contributed by atoms with Crippen molar-refractivity contribution in [3.8, 4) is 5.75 Å². The molecule has 22 heavy (non-hydrogen) atoms. The highest BCUT2D eigenvalue weighted by atomic mass is 32.1. The minimum Gasteiger partial charge on any atom is -0.493 e. The summed E-state index contributed by atoms with van der Waals surface area (Å²) in [5.74, 6) is 0.819. The van der Waals surface area contributed by atoms with Crippen molar-refractivity contribution in [1.29, 1.82) is 0 Å². The van der Waals surface area contributed by atoms with E-state index < -0.39 is 11.7 Å². The number of aromatic nitrogens is 2. The highest BCUT2D eigenvalue weighted by molar-refractivity contribution is 7.15. The first-order chi connectivity index (χ1) is 10.4. The molecule has 7 heteroatoms. The molecule has 2 aromatic rings. The number of hydrogen-bond donors (Lipinski definition) is 1. The monoisotopic (exact) mass is 321 g/mol. The van der Waals surface area contributed by atoms with Gasteiger partial charge in [-0.2, -0.15) is 0 Å². The Morgan fingerprint density at radius 1 is 1.23 bits per heavy atom. The van der Waals surface area contributed by atoms with E-state index in [1.54, 1.807) is 20.8 Å². The lowest BCUT2D eigenvalue weighted by Crippen LogP contribution is -2.27. The highest BCUT2D eigenvalue weighted by Gasteiger charge is 2.17. The number of benzene rings is 1. The van der Waals surface area contributed by atoms with Gasteiger partial charge in [0.15, 0.2) is 0 Å². The zero-order valence-corrected chi connectivity index (χ0v) is 13.6. The number of nitrogens with zero attached hydrogens (tertiary/aromatic N) is 2. The van der Waals surface area contributed by atoms with Gasteiger partial charge in [0.1, 0.15) is 16.4 Å². The Balaban J connectivity index is 1.78. The van der Waals surface area contributed by atoms with E-state index in [0.29, 0.717) is 18.2 Å². The first kappa shape index (κ1) is 16.2. The molecule has 0 saturated heterocycles. The second kappa shape index (κ2) is 7.22. The summed E-state index contributed by atoms with van der Waals surface area (Å²) in [6, 6.07) is 9.57. The van der Waals surface area contributed by atoms with Crippen LogP contribution in [0.15, 0.2) is 30.3 Å². The van der Waals surface area contributed by atoms with Crippen molar-refractivity contribution in [2.45, 2.75) is 32.8 Å². The van der Waals surface area contributed by atoms with Gasteiger partial charge in [0.05, 0.1) is 6.61 Å². The SMILES string of the molecule is CC(C)(C)OC(=O)Nc1nnc(CCOc2ccccc2)s1. The number of hydrogen-bond acceptors (Lipinski definition) is 6. The molecule has 0 radical (unpaired) electrons. The average molecular weight is 321 g/mol. The number of nitrogens with one attached hydrogen (secondary N) is 1. The topological polar surface area (TPSA) is 73.3 Å². The van der Waals surface area contributed by atoms with Gasteiger partial charge in [-0.25, -0.2) is 4.79 Å². The van der Waals surface area contributed by atoms with E-state index in [1.807, 2.05) is 30.3 Å². The third-order valence-electron chi connectivity index (χ3n) is 2.40. The summed E-state index contributed by atoms with van der Waals surface area (Å²) in [6.45, 7) is 5.92. The van der Waals surface area contributed by atoms with Crippen LogP contribution < -0.4 is 10.1 Å². The molecule has 1 amide bonds. The van der Waals surface area contributed by atoms with Crippen molar-refractivity contribution in [3.63, 3.8) is 0 Å². The lowest BCUT2D eigenvalue weighted by atomic mass is 10.2. The maximum absolute atomic E-state index is 11.6. The molecule has 1 aromatic carbocycles. The summed E-state index contributed by atoms with van der Waals surface area (Å²) in [5, 5.41) is 11.7. The quantitative estimate of drug-likeness (QED) is 0.912. The summed E-state index contributed by atoms with van der Waals surface area (Å²) in [5.41, 5.74) is -0.541. The molecule has 1 heterocycles. The van der Waals surface area contributed by atoms with Crippen LogP contribution in [0.1, 0.15) is 25.8 Å². The number of para-hydroxylation sites is 1. The largest absolute Gasteiger partial charge is 0.493 e. The van der Waals surface area contributed by atoms with Gasteiger partial charge in [-0.15, -0.1) is 10.2 Å². The van der Waals surface area contributed by atoms with Crippen LogP contribution in [-0.2, 0) is 11.2 Å². The minimum absolute atomic E-state index is 0.420. The summed E-state index contributed by atoms with van der Waals surface area (Å²) >= 11 is 1.31. The Hall–Kier alpha value is -2.15. The minimum atomic E-state index is -0.541. The summed E-state index contributed by atoms with van der Waals surface area (Å²) < 4.78 is 10.7. The first-order valence-corrected chi connectivity index (χ1v) is 7.74. The predicted octanol–water partition coefficient (Wildman–Crippen LogP) is 3.51. The number of anilines is 1. The zero-order valence-electron chi connectivity index (χ0n) is 12.8. The van der Waals surface area contributed by atoms with Crippen LogP contribution >= 0.6 is 11.3 Å². The molecule has 0 saturated carbocycles. The fourth-order valence-corrected chi connectivity index (χ4v) is 2.28. The van der Waals surface area contributed by atoms with E-state index in [0.717, 1.165) is 10.8 Å². The first-order valence-electron chi connectivity index (χ1n) is 6.92. The van der Waals surface area contributed by atoms with Crippen LogP contribution in [0.5, 0.6) is 5.75 Å². The van der Waals surface area contributed by atoms with Gasteiger partial charge in [0.25, 0.3) is 0 Å². The molecule has 0 aliphatic rings. The Bertz CT molecular complexity index is 608. The Kier molecular flexibility index (Phi) is 5.32. The van der Waals surface area contributed by atoms with E-state index in [-0.39, 0.29) is 0 Å². The molecule has 0 unspecified atom stereocenters. The molecule has 0 aliphatic carbocycles. The van der Waals surface area contributed by atoms with Gasteiger partial charge in [-0.05, 0) is 32.9 Å². The summed E-state index contributed by atoms with van der Waals surface area (Å²) in [7, 11) is 0. The van der Waals surface area contributed by atoms with Crippen molar-refractivity contribution in [1.82, 2.24) is 10.2 Å². The molecule has 0 atom stereocenters. The van der Waals surface area contributed by atoms with Crippen LogP contribution in [0.3, 0.4) is 0 Å². The molecule has 1 N–H and O–H groups in total. The Morgan fingerprint density at radius 3 is 2.64 bits per heavy atom. The van der Waals surface area contributed by atoms with Gasteiger partial charge in [0.2, 0.25) is 5.13 Å². The fourth-order valence-electron chi connectivity index (χ4n) is 1.57. The lowest BCUT2D eigenvalue weighted by Gasteiger charge is -2.18. The molecular formula is C15H19N3O3S. The smallest absolute Gasteiger partial charge is 0.414 e. The molecule has 1 aromatic heterocycles. The standard InChI is InChI=1S/C15H19N3O3S/c1-15(2,3)21-14(19)16-13-18-17-12(22-13)9-10-20-11-7-5-4-6-8-11/h4-8H,9-10H2,1-3H3,(H,16,18,19). The number of ether oxygens (including phenoxy) is 2. The fraction of sp³-hybridized carbons (Fsp3) is 0.400. The lowest BCUT2D eigenvalue weighted by molar-refractivity contribution is 0.0636. The third kappa shape index (κ3) is 5.69. The van der Waals surface area contributed by atoms with E-state index >= 15 is 0 Å². The van der Waals surface area contributed by atoms with Crippen molar-refractivity contribution in [3.05, 3.63) is 35.3 Å². The van der Waals surface area contributed by atoms with Crippen molar-refractivity contribution >= 4 is 22.6 Å². The zero-order chi connectivity index (χ0) is 16.0. The van der Waals surface area contributed by atoms with E-state index in [4.69, 9.17) is 9.47 Å². The van der Waals surface area contributed by atoms with Gasteiger partial charge >= 0.3 is 6.09 Å². The number of carbonyl (C=O) groups is 1. The predicted molar refractivity (Wildman–Crippen MR) is 85.4 cm³/mol. The van der Waals surface area contributed by atoms with E-state index in [9.17, 15) is 4.79 Å². The summed E-state index contributed by atoms with van der Waals surface area (Å²) in [4.78, 5) is 11.6. The van der Waals surface area contributed by atoms with Crippen LogP contribution in [0.25, 0.3) is 0 Å². The Morgan fingerprint density at radius 2 is 1.95 bits per heavy atom. The van der Waals surface area contributed by atoms with Gasteiger partial charge in [0, 0.05) is 6.42 Å². The Labute approximate surface area is 133 Å². The van der Waals surface area contributed by atoms with Gasteiger partial charge in [-0.3, -0.25) is 5.32 Å². The van der Waals surface area contributed by atoms with E-state index in [1.165, 1.54) is 11.3 Å². The van der Waals surface area contributed by atoms with Crippen LogP contribution in [0.2, 0.25) is 0 Å². The number of rotatable bonds is 5.